The number of aromatic nitrogens is 4. The van der Waals surface area contributed by atoms with Crippen LogP contribution in [0.3, 0.4) is 0 Å². The number of amides is 1. The number of fused-ring (bicyclic) bond motifs is 1. The molecule has 11 heteroatoms. The number of anilines is 1. The summed E-state index contributed by atoms with van der Waals surface area (Å²) in [5, 5.41) is 6.30. The van der Waals surface area contributed by atoms with Crippen molar-refractivity contribution in [2.75, 3.05) is 24.9 Å². The second-order valence-electron chi connectivity index (χ2n) is 8.36. The van der Waals surface area contributed by atoms with Crippen LogP contribution in [-0.2, 0) is 11.3 Å². The van der Waals surface area contributed by atoms with E-state index < -0.39 is 0 Å². The molecule has 0 atom stereocenters. The summed E-state index contributed by atoms with van der Waals surface area (Å²) in [5.74, 6) is 0.641. The molecular formula is C28H23ClFN5O3S. The molecule has 2 aromatic heterocycles. The smallest absolute Gasteiger partial charge is 0.237 e. The molecule has 0 aliphatic heterocycles. The van der Waals surface area contributed by atoms with Gasteiger partial charge in [0.1, 0.15) is 17.2 Å². The molecule has 0 bridgehead atoms. The van der Waals surface area contributed by atoms with Gasteiger partial charge >= 0.3 is 0 Å². The lowest BCUT2D eigenvalue weighted by Crippen LogP contribution is -2.32. The van der Waals surface area contributed by atoms with E-state index in [4.69, 9.17) is 21.1 Å². The molecule has 0 saturated heterocycles. The number of thioether (sulfide) groups is 1. The normalized spacial score (nSPS) is 11.0. The summed E-state index contributed by atoms with van der Waals surface area (Å²) in [6.07, 6.45) is 3.10. The highest BCUT2D eigenvalue weighted by atomic mass is 35.5. The Bertz CT molecular complexity index is 1630. The third kappa shape index (κ3) is 5.67. The van der Waals surface area contributed by atoms with Crippen molar-refractivity contribution in [3.63, 3.8) is 0 Å². The van der Waals surface area contributed by atoms with Crippen molar-refractivity contribution < 1.29 is 18.7 Å². The number of nitrogens with zero attached hydrogens (tertiary/aromatic N) is 5. The fourth-order valence-corrected chi connectivity index (χ4v) is 5.10. The highest BCUT2D eigenvalue weighted by Gasteiger charge is 2.20. The van der Waals surface area contributed by atoms with E-state index >= 15 is 0 Å². The Labute approximate surface area is 233 Å². The lowest BCUT2D eigenvalue weighted by atomic mass is 10.1. The van der Waals surface area contributed by atoms with Gasteiger partial charge in [0.05, 0.1) is 48.8 Å². The number of carbonyl (C=O) groups excluding carboxylic acids is 1. The van der Waals surface area contributed by atoms with Crippen LogP contribution in [0.2, 0.25) is 5.02 Å². The van der Waals surface area contributed by atoms with E-state index in [1.165, 1.54) is 30.2 Å². The van der Waals surface area contributed by atoms with E-state index in [-0.39, 0.29) is 24.0 Å². The molecule has 0 saturated carbocycles. The molecule has 0 fully saturated rings. The first-order chi connectivity index (χ1) is 19.0. The van der Waals surface area contributed by atoms with Gasteiger partial charge in [-0.3, -0.25) is 4.79 Å². The second-order valence-corrected chi connectivity index (χ2v) is 9.73. The van der Waals surface area contributed by atoms with Crippen molar-refractivity contribution in [3.8, 4) is 17.2 Å². The van der Waals surface area contributed by atoms with Crippen molar-refractivity contribution in [2.45, 2.75) is 11.6 Å². The fraction of sp³-hybridized carbons (Fsp3) is 0.143. The van der Waals surface area contributed by atoms with Gasteiger partial charge in [-0.1, -0.05) is 41.6 Å². The van der Waals surface area contributed by atoms with Gasteiger partial charge in [0.2, 0.25) is 5.91 Å². The quantitative estimate of drug-likeness (QED) is 0.162. The van der Waals surface area contributed by atoms with Crippen LogP contribution in [-0.4, -0.2) is 45.6 Å². The maximum Gasteiger partial charge on any atom is 0.237 e. The molecule has 5 aromatic rings. The van der Waals surface area contributed by atoms with Gasteiger partial charge in [0.25, 0.3) is 0 Å². The third-order valence-electron chi connectivity index (χ3n) is 5.97. The zero-order chi connectivity index (χ0) is 27.4. The summed E-state index contributed by atoms with van der Waals surface area (Å²) in [5.41, 5.74) is 2.66. The predicted molar refractivity (Wildman–Crippen MR) is 150 cm³/mol. The van der Waals surface area contributed by atoms with E-state index in [2.05, 4.69) is 15.1 Å². The highest BCUT2D eigenvalue weighted by Crippen LogP contribution is 2.31. The van der Waals surface area contributed by atoms with Crippen LogP contribution in [0.1, 0.15) is 5.56 Å². The van der Waals surface area contributed by atoms with E-state index in [0.29, 0.717) is 44.0 Å². The van der Waals surface area contributed by atoms with E-state index in [9.17, 15) is 9.18 Å². The van der Waals surface area contributed by atoms with Crippen molar-refractivity contribution in [2.24, 2.45) is 0 Å². The van der Waals surface area contributed by atoms with Crippen molar-refractivity contribution in [3.05, 3.63) is 95.7 Å². The van der Waals surface area contributed by atoms with Gasteiger partial charge in [0, 0.05) is 5.69 Å². The summed E-state index contributed by atoms with van der Waals surface area (Å²) in [6, 6.07) is 18.6. The van der Waals surface area contributed by atoms with Crippen molar-refractivity contribution in [1.82, 2.24) is 19.7 Å². The van der Waals surface area contributed by atoms with E-state index in [1.54, 1.807) is 54.3 Å². The largest absolute Gasteiger partial charge is 0.493 e. The second kappa shape index (κ2) is 11.7. The molecule has 8 nitrogen and oxygen atoms in total. The minimum atomic E-state index is -0.384. The standard InChI is InChI=1S/C28H23ClFN5O3S/c1-37-24-12-7-18(13-25(24)38-2)15-34(20-10-8-19(30)9-11-20)26(36)16-39-28-21-14-33-35(27(21)31-17-32-28)23-6-4-3-5-22(23)29/h3-14,17H,15-16H2,1-2H3. The maximum absolute atomic E-state index is 13.7. The van der Waals surface area contributed by atoms with E-state index in [1.807, 2.05) is 30.3 Å². The topological polar surface area (TPSA) is 82.4 Å². The summed E-state index contributed by atoms with van der Waals surface area (Å²) in [4.78, 5) is 23.9. The average molecular weight is 564 g/mol. The van der Waals surface area contributed by atoms with Crippen LogP contribution in [0.5, 0.6) is 11.5 Å². The summed E-state index contributed by atoms with van der Waals surface area (Å²) >= 11 is 7.64. The first-order valence-corrected chi connectivity index (χ1v) is 13.2. The lowest BCUT2D eigenvalue weighted by molar-refractivity contribution is -0.116. The number of carbonyl (C=O) groups is 1. The van der Waals surface area contributed by atoms with Gasteiger partial charge in [-0.15, -0.1) is 0 Å². The molecular weight excluding hydrogens is 541 g/mol. The maximum atomic E-state index is 13.7. The number of ether oxygens (including phenoxy) is 2. The third-order valence-corrected chi connectivity index (χ3v) is 7.28. The summed E-state index contributed by atoms with van der Waals surface area (Å²) in [7, 11) is 3.11. The Morgan fingerprint density at radius 2 is 1.79 bits per heavy atom. The van der Waals surface area contributed by atoms with Crippen molar-refractivity contribution >= 4 is 46.0 Å². The van der Waals surface area contributed by atoms with Crippen LogP contribution >= 0.6 is 23.4 Å². The summed E-state index contributed by atoms with van der Waals surface area (Å²) in [6.45, 7) is 0.245. The average Bonchev–Trinajstić information content (AvgIpc) is 3.40. The fourth-order valence-electron chi connectivity index (χ4n) is 4.05. The van der Waals surface area contributed by atoms with Gasteiger partial charge in [-0.25, -0.2) is 19.0 Å². The van der Waals surface area contributed by atoms with E-state index in [0.717, 1.165) is 5.56 Å². The van der Waals surface area contributed by atoms with Crippen LogP contribution in [0.15, 0.2) is 84.3 Å². The number of halogens is 2. The molecule has 198 valence electrons. The summed E-state index contributed by atoms with van der Waals surface area (Å²) < 4.78 is 26.0. The van der Waals surface area contributed by atoms with Crippen LogP contribution in [0.25, 0.3) is 16.7 Å². The zero-order valence-electron chi connectivity index (χ0n) is 21.0. The molecule has 0 spiro atoms. The highest BCUT2D eigenvalue weighted by molar-refractivity contribution is 8.00. The molecule has 0 radical (unpaired) electrons. The predicted octanol–water partition coefficient (Wildman–Crippen LogP) is 5.95. The Morgan fingerprint density at radius 3 is 2.54 bits per heavy atom. The Kier molecular flexibility index (Phi) is 7.94. The molecule has 2 heterocycles. The molecule has 0 unspecified atom stereocenters. The molecule has 39 heavy (non-hydrogen) atoms. The zero-order valence-corrected chi connectivity index (χ0v) is 22.6. The molecule has 0 aliphatic rings. The molecule has 3 aromatic carbocycles. The minimum Gasteiger partial charge on any atom is -0.493 e. The number of benzene rings is 3. The minimum absolute atomic E-state index is 0.0774. The molecule has 0 N–H and O–H groups in total. The van der Waals surface area contributed by atoms with Gasteiger partial charge in [-0.05, 0) is 54.1 Å². The SMILES string of the molecule is COc1ccc(CN(C(=O)CSc2ncnc3c2cnn3-c2ccccc2Cl)c2ccc(F)cc2)cc1OC. The lowest BCUT2D eigenvalue weighted by Gasteiger charge is -2.23. The van der Waals surface area contributed by atoms with Gasteiger partial charge in [0.15, 0.2) is 17.1 Å². The van der Waals surface area contributed by atoms with Gasteiger partial charge < -0.3 is 14.4 Å². The molecule has 5 rings (SSSR count). The number of rotatable bonds is 9. The Morgan fingerprint density at radius 1 is 1.03 bits per heavy atom. The van der Waals surface area contributed by atoms with Crippen LogP contribution in [0, 0.1) is 5.82 Å². The number of hydrogen-bond donors (Lipinski definition) is 0. The number of hydrogen-bond acceptors (Lipinski definition) is 7. The first kappa shape index (κ1) is 26.5. The molecule has 0 aliphatic carbocycles. The monoisotopic (exact) mass is 563 g/mol. The number of para-hydroxylation sites is 1. The Hall–Kier alpha value is -4.15. The van der Waals surface area contributed by atoms with Crippen molar-refractivity contribution in [1.29, 1.82) is 0 Å². The Balaban J connectivity index is 1.41. The first-order valence-electron chi connectivity index (χ1n) is 11.8. The number of methoxy groups -OCH3 is 2. The molecule has 1 amide bonds. The van der Waals surface area contributed by atoms with Gasteiger partial charge in [-0.2, -0.15) is 5.10 Å². The van der Waals surface area contributed by atoms with Crippen LogP contribution < -0.4 is 14.4 Å². The van der Waals surface area contributed by atoms with Crippen LogP contribution in [0.4, 0.5) is 10.1 Å².